The molecule has 0 aromatic heterocycles. The third-order valence-electron chi connectivity index (χ3n) is 4.23. The van der Waals surface area contributed by atoms with E-state index in [1.165, 1.54) is 17.5 Å². The molecule has 2 aliphatic heterocycles. The van der Waals surface area contributed by atoms with Crippen molar-refractivity contribution < 1.29 is 4.79 Å². The summed E-state index contributed by atoms with van der Waals surface area (Å²) in [4.78, 5) is 14.7. The highest BCUT2D eigenvalue weighted by Crippen LogP contribution is 2.29. The van der Waals surface area contributed by atoms with Gasteiger partial charge in [-0.05, 0) is 50.8 Å². The summed E-state index contributed by atoms with van der Waals surface area (Å²) in [5, 5.41) is 3.37. The van der Waals surface area contributed by atoms with Crippen molar-refractivity contribution in [2.24, 2.45) is 0 Å². The summed E-state index contributed by atoms with van der Waals surface area (Å²) in [5.41, 5.74) is 3.74. The van der Waals surface area contributed by atoms with Crippen LogP contribution in [-0.2, 0) is 11.2 Å². The zero-order valence-electron chi connectivity index (χ0n) is 11.6. The quantitative estimate of drug-likeness (QED) is 0.839. The Bertz CT molecular complexity index is 478. The van der Waals surface area contributed by atoms with Crippen LogP contribution in [0.2, 0.25) is 0 Å². The molecule has 0 saturated carbocycles. The van der Waals surface area contributed by atoms with Gasteiger partial charge < -0.3 is 10.2 Å². The van der Waals surface area contributed by atoms with Crippen LogP contribution in [0.5, 0.6) is 0 Å². The lowest BCUT2D eigenvalue weighted by Gasteiger charge is -2.34. The van der Waals surface area contributed by atoms with Crippen molar-refractivity contribution in [2.75, 3.05) is 18.0 Å². The minimum Gasteiger partial charge on any atom is -0.311 e. The first-order chi connectivity index (χ1) is 9.25. The Labute approximate surface area is 115 Å². The first-order valence-corrected chi connectivity index (χ1v) is 7.40. The molecule has 2 heterocycles. The lowest BCUT2D eigenvalue weighted by molar-refractivity contribution is -0.121. The van der Waals surface area contributed by atoms with Gasteiger partial charge >= 0.3 is 0 Å². The molecule has 0 radical (unpaired) electrons. The predicted molar refractivity (Wildman–Crippen MR) is 77.5 cm³/mol. The number of fused-ring (bicyclic) bond motifs is 1. The molecule has 1 N–H and O–H groups in total. The van der Waals surface area contributed by atoms with E-state index in [2.05, 4.69) is 30.4 Å². The third kappa shape index (κ3) is 2.52. The summed E-state index contributed by atoms with van der Waals surface area (Å²) in [5.74, 6) is 0.268. The fourth-order valence-corrected chi connectivity index (χ4v) is 3.21. The topological polar surface area (TPSA) is 32.3 Å². The van der Waals surface area contributed by atoms with Crippen LogP contribution in [0, 0.1) is 6.92 Å². The van der Waals surface area contributed by atoms with Gasteiger partial charge in [-0.15, -0.1) is 0 Å². The van der Waals surface area contributed by atoms with Crippen molar-refractivity contribution in [3.05, 3.63) is 29.3 Å². The first-order valence-electron chi connectivity index (χ1n) is 7.40. The maximum atomic E-state index is 12.7. The highest BCUT2D eigenvalue weighted by molar-refractivity contribution is 5.98. The van der Waals surface area contributed by atoms with Gasteiger partial charge in [0.1, 0.15) is 0 Å². The lowest BCUT2D eigenvalue weighted by atomic mass is 9.97. The minimum atomic E-state index is 0.0287. The van der Waals surface area contributed by atoms with Gasteiger partial charge in [0.05, 0.1) is 6.04 Å². The monoisotopic (exact) mass is 258 g/mol. The van der Waals surface area contributed by atoms with E-state index in [0.29, 0.717) is 0 Å². The van der Waals surface area contributed by atoms with Crippen LogP contribution in [0.4, 0.5) is 5.69 Å². The molecule has 1 aromatic carbocycles. The fourth-order valence-electron chi connectivity index (χ4n) is 3.21. The number of piperidine rings is 1. The summed E-state index contributed by atoms with van der Waals surface area (Å²) < 4.78 is 0. The molecule has 1 amide bonds. The van der Waals surface area contributed by atoms with E-state index >= 15 is 0 Å². The molecule has 1 atom stereocenters. The smallest absolute Gasteiger partial charge is 0.244 e. The first kappa shape index (κ1) is 12.7. The van der Waals surface area contributed by atoms with E-state index in [4.69, 9.17) is 0 Å². The van der Waals surface area contributed by atoms with Crippen molar-refractivity contribution in [1.82, 2.24) is 5.32 Å². The summed E-state index contributed by atoms with van der Waals surface area (Å²) in [6.45, 7) is 3.96. The van der Waals surface area contributed by atoms with E-state index in [9.17, 15) is 4.79 Å². The molecule has 3 rings (SSSR count). The molecule has 0 spiro atoms. The minimum absolute atomic E-state index is 0.0287. The summed E-state index contributed by atoms with van der Waals surface area (Å²) in [6, 6.07) is 6.48. The maximum Gasteiger partial charge on any atom is 0.244 e. The SMILES string of the molecule is Cc1ccc2c(c1)CCCN2C(=O)[C@H]1CCCCN1. The van der Waals surface area contributed by atoms with E-state index < -0.39 is 0 Å². The molecule has 3 nitrogen and oxygen atoms in total. The van der Waals surface area contributed by atoms with Gasteiger partial charge in [0.15, 0.2) is 0 Å². The highest BCUT2D eigenvalue weighted by atomic mass is 16.2. The van der Waals surface area contributed by atoms with Gasteiger partial charge in [-0.2, -0.15) is 0 Å². The van der Waals surface area contributed by atoms with Crippen molar-refractivity contribution in [3.63, 3.8) is 0 Å². The Hall–Kier alpha value is -1.35. The highest BCUT2D eigenvalue weighted by Gasteiger charge is 2.29. The normalized spacial score (nSPS) is 23.0. The van der Waals surface area contributed by atoms with Crippen molar-refractivity contribution in [1.29, 1.82) is 0 Å². The second kappa shape index (κ2) is 5.33. The molecular formula is C16H22N2O. The van der Waals surface area contributed by atoms with Crippen LogP contribution >= 0.6 is 0 Å². The maximum absolute atomic E-state index is 12.7. The molecule has 0 bridgehead atoms. The molecule has 1 saturated heterocycles. The number of hydrogen-bond acceptors (Lipinski definition) is 2. The number of carbonyl (C=O) groups excluding carboxylic acids is 1. The van der Waals surface area contributed by atoms with E-state index in [0.717, 1.165) is 44.5 Å². The van der Waals surface area contributed by atoms with Crippen LogP contribution in [0.1, 0.15) is 36.8 Å². The molecule has 2 aliphatic rings. The van der Waals surface area contributed by atoms with Gasteiger partial charge in [0.2, 0.25) is 5.91 Å². The number of benzene rings is 1. The second-order valence-electron chi connectivity index (χ2n) is 5.73. The lowest BCUT2D eigenvalue weighted by Crippen LogP contribution is -2.50. The standard InChI is InChI=1S/C16H22N2O/c1-12-7-8-15-13(11-12)5-4-10-18(15)16(19)14-6-2-3-9-17-14/h7-8,11,14,17H,2-6,9-10H2,1H3/t14-/m1/s1. The Morgan fingerprint density at radius 3 is 3.00 bits per heavy atom. The van der Waals surface area contributed by atoms with Gasteiger partial charge in [-0.25, -0.2) is 0 Å². The average Bonchev–Trinajstić information content (AvgIpc) is 2.46. The molecule has 102 valence electrons. The summed E-state index contributed by atoms with van der Waals surface area (Å²) >= 11 is 0. The largest absolute Gasteiger partial charge is 0.311 e. The molecule has 0 aliphatic carbocycles. The van der Waals surface area contributed by atoms with Crippen LogP contribution in [0.15, 0.2) is 18.2 Å². The average molecular weight is 258 g/mol. The zero-order chi connectivity index (χ0) is 13.2. The van der Waals surface area contributed by atoms with Crippen LogP contribution in [0.3, 0.4) is 0 Å². The Morgan fingerprint density at radius 1 is 1.32 bits per heavy atom. The van der Waals surface area contributed by atoms with Crippen molar-refractivity contribution in [3.8, 4) is 0 Å². The van der Waals surface area contributed by atoms with Crippen LogP contribution in [0.25, 0.3) is 0 Å². The van der Waals surface area contributed by atoms with Crippen molar-refractivity contribution >= 4 is 11.6 Å². The van der Waals surface area contributed by atoms with Crippen molar-refractivity contribution in [2.45, 2.75) is 45.1 Å². The fraction of sp³-hybridized carbons (Fsp3) is 0.562. The van der Waals surface area contributed by atoms with Crippen LogP contribution in [-0.4, -0.2) is 25.0 Å². The number of amides is 1. The zero-order valence-corrected chi connectivity index (χ0v) is 11.6. The second-order valence-corrected chi connectivity index (χ2v) is 5.73. The Kier molecular flexibility index (Phi) is 3.56. The van der Waals surface area contributed by atoms with Gasteiger partial charge in [0, 0.05) is 12.2 Å². The number of aryl methyl sites for hydroxylation is 2. The molecule has 0 unspecified atom stereocenters. The number of hydrogen-bond donors (Lipinski definition) is 1. The van der Waals surface area contributed by atoms with Gasteiger partial charge in [-0.3, -0.25) is 4.79 Å². The number of nitrogens with zero attached hydrogens (tertiary/aromatic N) is 1. The number of anilines is 1. The Morgan fingerprint density at radius 2 is 2.21 bits per heavy atom. The van der Waals surface area contributed by atoms with Gasteiger partial charge in [0.25, 0.3) is 0 Å². The van der Waals surface area contributed by atoms with Gasteiger partial charge in [-0.1, -0.05) is 24.1 Å². The van der Waals surface area contributed by atoms with E-state index in [1.807, 2.05) is 4.90 Å². The number of nitrogens with one attached hydrogen (secondary N) is 1. The number of carbonyl (C=O) groups is 1. The molecular weight excluding hydrogens is 236 g/mol. The summed E-state index contributed by atoms with van der Waals surface area (Å²) in [6.07, 6.45) is 5.52. The van der Waals surface area contributed by atoms with Crippen LogP contribution < -0.4 is 10.2 Å². The number of rotatable bonds is 1. The molecule has 19 heavy (non-hydrogen) atoms. The third-order valence-corrected chi connectivity index (χ3v) is 4.23. The van der Waals surface area contributed by atoms with E-state index in [-0.39, 0.29) is 11.9 Å². The molecule has 1 fully saturated rings. The molecule has 3 heteroatoms. The molecule has 1 aromatic rings. The Balaban J connectivity index is 1.84. The van der Waals surface area contributed by atoms with E-state index in [1.54, 1.807) is 0 Å². The predicted octanol–water partition coefficient (Wildman–Crippen LogP) is 2.42. The summed E-state index contributed by atoms with van der Waals surface area (Å²) in [7, 11) is 0.